The Balaban J connectivity index is 1.41. The average molecular weight is 515 g/mol. The molecule has 0 saturated carbocycles. The third kappa shape index (κ3) is 4.48. The summed E-state index contributed by atoms with van der Waals surface area (Å²) in [5, 5.41) is 0. The number of benzene rings is 4. The summed E-state index contributed by atoms with van der Waals surface area (Å²) < 4.78 is 9.69. The van der Waals surface area contributed by atoms with Crippen LogP contribution in [0, 0.1) is 6.92 Å². The summed E-state index contributed by atoms with van der Waals surface area (Å²) >= 11 is 0. The van der Waals surface area contributed by atoms with Crippen LogP contribution in [0.25, 0.3) is 44.6 Å². The number of carbonyl (C=O) groups excluding carboxylic acids is 1. The van der Waals surface area contributed by atoms with Crippen molar-refractivity contribution in [2.24, 2.45) is 7.05 Å². The van der Waals surface area contributed by atoms with E-state index in [4.69, 9.17) is 14.7 Å². The number of hydrogen-bond acceptors (Lipinski definition) is 4. The highest BCUT2D eigenvalue weighted by molar-refractivity contribution is 5.87. The highest BCUT2D eigenvalue weighted by Gasteiger charge is 2.17. The van der Waals surface area contributed by atoms with E-state index in [1.807, 2.05) is 30.3 Å². The molecule has 0 unspecified atom stereocenters. The highest BCUT2D eigenvalue weighted by atomic mass is 16.5. The predicted octanol–water partition coefficient (Wildman–Crippen LogP) is 7.10. The number of hydrogen-bond donors (Lipinski definition) is 0. The van der Waals surface area contributed by atoms with Crippen LogP contribution in [-0.2, 0) is 24.8 Å². The first-order valence-electron chi connectivity index (χ1n) is 13.3. The van der Waals surface area contributed by atoms with E-state index >= 15 is 0 Å². The molecule has 0 aliphatic rings. The lowest BCUT2D eigenvalue weighted by atomic mass is 10.0. The number of aromatic nitrogens is 4. The smallest absolute Gasteiger partial charge is 0.298 e. The van der Waals surface area contributed by atoms with Gasteiger partial charge in [-0.1, -0.05) is 61.5 Å². The Labute approximate surface area is 227 Å². The molecule has 6 rings (SSSR count). The van der Waals surface area contributed by atoms with Gasteiger partial charge in [-0.3, -0.25) is 4.79 Å². The van der Waals surface area contributed by atoms with E-state index in [1.54, 1.807) is 6.07 Å². The lowest BCUT2D eigenvalue weighted by Gasteiger charge is -2.12. The zero-order valence-corrected chi connectivity index (χ0v) is 22.4. The standard InChI is InChI=1S/C33H30N4O2/c1-4-9-31-35-32-22(2)18-25(33-34-27-11-6-7-12-28(27)36(33)3)19-29(32)37(31)20-23-14-16-24(17-15-23)26-10-5-8-13-30(26)39-21-38/h5-8,10-19,21H,4,9,20H2,1-3H3. The molecule has 194 valence electrons. The van der Waals surface area contributed by atoms with Crippen molar-refractivity contribution < 1.29 is 9.53 Å². The third-order valence-electron chi connectivity index (χ3n) is 7.31. The van der Waals surface area contributed by atoms with Gasteiger partial charge >= 0.3 is 0 Å². The number of imidazole rings is 2. The Kier molecular flexibility index (Phi) is 6.45. The molecule has 0 atom stereocenters. The number of nitrogens with zero attached hydrogens (tertiary/aromatic N) is 4. The fraction of sp³-hybridized carbons (Fsp3) is 0.182. The van der Waals surface area contributed by atoms with E-state index in [9.17, 15) is 4.79 Å². The first kappa shape index (κ1) is 24.6. The van der Waals surface area contributed by atoms with E-state index in [0.717, 1.165) is 68.8 Å². The average Bonchev–Trinajstić information content (AvgIpc) is 3.47. The summed E-state index contributed by atoms with van der Waals surface area (Å²) in [4.78, 5) is 21.0. The molecule has 2 aromatic heterocycles. The second-order valence-corrected chi connectivity index (χ2v) is 9.92. The minimum Gasteiger partial charge on any atom is -0.428 e. The molecular formula is C33H30N4O2. The zero-order valence-electron chi connectivity index (χ0n) is 22.4. The summed E-state index contributed by atoms with van der Waals surface area (Å²) in [6.45, 7) is 5.50. The third-order valence-corrected chi connectivity index (χ3v) is 7.31. The number of aryl methyl sites for hydroxylation is 3. The molecule has 39 heavy (non-hydrogen) atoms. The van der Waals surface area contributed by atoms with E-state index in [0.29, 0.717) is 18.8 Å². The number of rotatable bonds is 8. The van der Waals surface area contributed by atoms with Crippen LogP contribution in [0.3, 0.4) is 0 Å². The van der Waals surface area contributed by atoms with Gasteiger partial charge in [-0.15, -0.1) is 0 Å². The largest absolute Gasteiger partial charge is 0.428 e. The molecule has 6 nitrogen and oxygen atoms in total. The van der Waals surface area contributed by atoms with Gasteiger partial charge in [0, 0.05) is 31.1 Å². The van der Waals surface area contributed by atoms with Gasteiger partial charge in [0.15, 0.2) is 0 Å². The van der Waals surface area contributed by atoms with Crippen LogP contribution < -0.4 is 4.74 Å². The zero-order chi connectivity index (χ0) is 26.9. The van der Waals surface area contributed by atoms with Crippen LogP contribution >= 0.6 is 0 Å². The fourth-order valence-electron chi connectivity index (χ4n) is 5.40. The highest BCUT2D eigenvalue weighted by Crippen LogP contribution is 2.32. The van der Waals surface area contributed by atoms with Gasteiger partial charge in [0.1, 0.15) is 17.4 Å². The first-order valence-corrected chi connectivity index (χ1v) is 13.3. The van der Waals surface area contributed by atoms with Crippen molar-refractivity contribution in [3.63, 3.8) is 0 Å². The van der Waals surface area contributed by atoms with Crippen molar-refractivity contribution in [3.8, 4) is 28.3 Å². The minimum absolute atomic E-state index is 0.469. The molecule has 4 aromatic carbocycles. The first-order chi connectivity index (χ1) is 19.1. The van der Waals surface area contributed by atoms with E-state index < -0.39 is 0 Å². The van der Waals surface area contributed by atoms with E-state index in [1.165, 1.54) is 5.56 Å². The molecule has 6 aromatic rings. The second-order valence-electron chi connectivity index (χ2n) is 9.92. The van der Waals surface area contributed by atoms with Gasteiger partial charge in [-0.2, -0.15) is 0 Å². The molecule has 0 fully saturated rings. The molecule has 0 aliphatic carbocycles. The van der Waals surface area contributed by atoms with Gasteiger partial charge in [0.2, 0.25) is 0 Å². The Bertz CT molecular complexity index is 1810. The molecule has 2 heterocycles. The van der Waals surface area contributed by atoms with Crippen molar-refractivity contribution in [3.05, 3.63) is 102 Å². The summed E-state index contributed by atoms with van der Waals surface area (Å²) in [7, 11) is 2.07. The van der Waals surface area contributed by atoms with Gasteiger partial charge < -0.3 is 13.9 Å². The van der Waals surface area contributed by atoms with Crippen molar-refractivity contribution in [1.82, 2.24) is 19.1 Å². The van der Waals surface area contributed by atoms with Crippen LogP contribution in [0.1, 0.15) is 30.3 Å². The van der Waals surface area contributed by atoms with Crippen LogP contribution in [0.5, 0.6) is 5.75 Å². The molecule has 6 heteroatoms. The maximum atomic E-state index is 10.9. The van der Waals surface area contributed by atoms with Crippen LogP contribution in [0.15, 0.2) is 84.9 Å². The SMILES string of the molecule is CCCc1nc2c(C)cc(-c3nc4ccccc4n3C)cc2n1Cc1ccc(-c2ccccc2OC=O)cc1. The number of para-hydroxylation sites is 3. The molecule has 0 spiro atoms. The van der Waals surface area contributed by atoms with Gasteiger partial charge in [-0.05, 0) is 60.4 Å². The molecular weight excluding hydrogens is 484 g/mol. The molecule has 0 saturated heterocycles. The van der Waals surface area contributed by atoms with Gasteiger partial charge in [-0.25, -0.2) is 9.97 Å². The monoisotopic (exact) mass is 514 g/mol. The van der Waals surface area contributed by atoms with Crippen molar-refractivity contribution in [2.45, 2.75) is 33.2 Å². The Morgan fingerprint density at radius 1 is 0.872 bits per heavy atom. The number of carbonyl (C=O) groups is 1. The predicted molar refractivity (Wildman–Crippen MR) is 156 cm³/mol. The molecule has 0 N–H and O–H groups in total. The van der Waals surface area contributed by atoms with Gasteiger partial charge in [0.25, 0.3) is 6.47 Å². The number of ether oxygens (including phenoxy) is 1. The summed E-state index contributed by atoms with van der Waals surface area (Å²) in [6.07, 6.45) is 1.93. The summed E-state index contributed by atoms with van der Waals surface area (Å²) in [5.41, 5.74) is 9.57. The lowest BCUT2D eigenvalue weighted by molar-refractivity contribution is -0.120. The van der Waals surface area contributed by atoms with Gasteiger partial charge in [0.05, 0.1) is 22.1 Å². The Morgan fingerprint density at radius 2 is 1.64 bits per heavy atom. The molecule has 0 bridgehead atoms. The Hall–Kier alpha value is -4.71. The van der Waals surface area contributed by atoms with Crippen molar-refractivity contribution in [2.75, 3.05) is 0 Å². The molecule has 0 radical (unpaired) electrons. The fourth-order valence-corrected chi connectivity index (χ4v) is 5.40. The summed E-state index contributed by atoms with van der Waals surface area (Å²) in [6, 6.07) is 28.7. The minimum atomic E-state index is 0.469. The van der Waals surface area contributed by atoms with E-state index in [2.05, 4.69) is 78.6 Å². The van der Waals surface area contributed by atoms with Crippen LogP contribution in [0.4, 0.5) is 0 Å². The summed E-state index contributed by atoms with van der Waals surface area (Å²) in [5.74, 6) is 2.59. The topological polar surface area (TPSA) is 61.9 Å². The maximum absolute atomic E-state index is 10.9. The Morgan fingerprint density at radius 3 is 2.41 bits per heavy atom. The van der Waals surface area contributed by atoms with Crippen molar-refractivity contribution >= 4 is 28.5 Å². The maximum Gasteiger partial charge on any atom is 0.298 e. The molecule has 0 amide bonds. The lowest BCUT2D eigenvalue weighted by Crippen LogP contribution is -2.05. The number of fused-ring (bicyclic) bond motifs is 2. The second kappa shape index (κ2) is 10.2. The van der Waals surface area contributed by atoms with Crippen LogP contribution in [0.2, 0.25) is 0 Å². The van der Waals surface area contributed by atoms with Crippen LogP contribution in [-0.4, -0.2) is 25.6 Å². The van der Waals surface area contributed by atoms with Crippen molar-refractivity contribution in [1.29, 1.82) is 0 Å². The normalized spacial score (nSPS) is 11.4. The quantitative estimate of drug-likeness (QED) is 0.203. The van der Waals surface area contributed by atoms with E-state index in [-0.39, 0.29) is 0 Å². The molecule has 0 aliphatic heterocycles.